The molecule has 26 heavy (non-hydrogen) atoms. The van der Waals surface area contributed by atoms with Gasteiger partial charge in [-0.2, -0.15) is 4.98 Å². The van der Waals surface area contributed by atoms with Crippen molar-refractivity contribution in [2.24, 2.45) is 5.92 Å². The lowest BCUT2D eigenvalue weighted by Gasteiger charge is -2.10. The second-order valence-electron chi connectivity index (χ2n) is 6.35. The van der Waals surface area contributed by atoms with Crippen LogP contribution in [0.1, 0.15) is 26.1 Å². The van der Waals surface area contributed by atoms with Crippen molar-refractivity contribution in [1.29, 1.82) is 0 Å². The summed E-state index contributed by atoms with van der Waals surface area (Å²) in [6.45, 7) is 5.83. The van der Waals surface area contributed by atoms with Crippen LogP contribution in [-0.2, 0) is 4.79 Å². The maximum atomic E-state index is 11.8. The Labute approximate surface area is 152 Å². The average Bonchev–Trinajstić information content (AvgIpc) is 3.10. The van der Waals surface area contributed by atoms with Gasteiger partial charge in [0.25, 0.3) is 0 Å². The number of nitrogens with zero attached hydrogens (tertiary/aromatic N) is 4. The van der Waals surface area contributed by atoms with Gasteiger partial charge >= 0.3 is 0 Å². The van der Waals surface area contributed by atoms with Crippen LogP contribution in [0.5, 0.6) is 11.6 Å². The highest BCUT2D eigenvalue weighted by Gasteiger charge is 2.08. The first-order chi connectivity index (χ1) is 12.5. The van der Waals surface area contributed by atoms with Crippen LogP contribution < -0.4 is 10.1 Å². The first kappa shape index (κ1) is 17.6. The maximum absolute atomic E-state index is 11.8. The smallest absolute Gasteiger partial charge is 0.224 e. The van der Waals surface area contributed by atoms with E-state index in [-0.39, 0.29) is 5.91 Å². The third-order valence-corrected chi connectivity index (χ3v) is 3.52. The van der Waals surface area contributed by atoms with Gasteiger partial charge in [0.2, 0.25) is 11.8 Å². The van der Waals surface area contributed by atoms with Crippen molar-refractivity contribution < 1.29 is 9.53 Å². The fourth-order valence-electron chi connectivity index (χ4n) is 2.41. The number of aryl methyl sites for hydroxylation is 1. The van der Waals surface area contributed by atoms with E-state index in [1.54, 1.807) is 60.5 Å². The first-order valence-electron chi connectivity index (χ1n) is 8.41. The van der Waals surface area contributed by atoms with Crippen molar-refractivity contribution in [2.75, 3.05) is 5.32 Å². The number of amides is 1. The van der Waals surface area contributed by atoms with Crippen LogP contribution in [0.4, 0.5) is 5.69 Å². The summed E-state index contributed by atoms with van der Waals surface area (Å²) in [5.74, 6) is 2.68. The third kappa shape index (κ3) is 4.66. The lowest BCUT2D eigenvalue weighted by molar-refractivity contribution is -0.116. The molecule has 0 saturated carbocycles. The van der Waals surface area contributed by atoms with Gasteiger partial charge in [0.05, 0.1) is 0 Å². The fourth-order valence-corrected chi connectivity index (χ4v) is 2.41. The summed E-state index contributed by atoms with van der Waals surface area (Å²) >= 11 is 0. The Morgan fingerprint density at radius 3 is 2.65 bits per heavy atom. The highest BCUT2D eigenvalue weighted by molar-refractivity contribution is 5.90. The van der Waals surface area contributed by atoms with Crippen molar-refractivity contribution in [2.45, 2.75) is 27.2 Å². The molecule has 1 N–H and O–H groups in total. The molecule has 0 radical (unpaired) electrons. The maximum Gasteiger partial charge on any atom is 0.224 e. The molecule has 134 valence electrons. The molecule has 7 heteroatoms. The minimum atomic E-state index is 0.00469. The molecule has 3 rings (SSSR count). The number of carbonyl (C=O) groups excluding carboxylic acids is 1. The Morgan fingerprint density at radius 1 is 1.23 bits per heavy atom. The molecule has 0 saturated heterocycles. The summed E-state index contributed by atoms with van der Waals surface area (Å²) in [6.07, 6.45) is 5.65. The Kier molecular flexibility index (Phi) is 5.26. The molecule has 0 atom stereocenters. The fraction of sp³-hybridized carbons (Fsp3) is 0.263. The van der Waals surface area contributed by atoms with Gasteiger partial charge in [0.1, 0.15) is 23.7 Å². The average molecular weight is 351 g/mol. The van der Waals surface area contributed by atoms with Crippen molar-refractivity contribution in [3.8, 4) is 17.4 Å². The molecule has 1 aromatic carbocycles. The number of aromatic nitrogens is 4. The van der Waals surface area contributed by atoms with Crippen LogP contribution in [-0.4, -0.2) is 25.4 Å². The number of anilines is 1. The molecule has 0 fully saturated rings. The molecule has 2 heterocycles. The number of benzene rings is 1. The summed E-state index contributed by atoms with van der Waals surface area (Å²) < 4.78 is 7.61. The molecule has 0 aliphatic carbocycles. The summed E-state index contributed by atoms with van der Waals surface area (Å²) in [5.41, 5.74) is 0.737. The zero-order valence-corrected chi connectivity index (χ0v) is 15.0. The summed E-state index contributed by atoms with van der Waals surface area (Å²) in [7, 11) is 0. The summed E-state index contributed by atoms with van der Waals surface area (Å²) in [4.78, 5) is 24.5. The van der Waals surface area contributed by atoms with Gasteiger partial charge in [-0.25, -0.2) is 9.97 Å². The number of ether oxygens (including phenoxy) is 1. The van der Waals surface area contributed by atoms with Gasteiger partial charge in [-0.1, -0.05) is 13.8 Å². The number of hydrogen-bond donors (Lipinski definition) is 1. The van der Waals surface area contributed by atoms with E-state index in [9.17, 15) is 4.79 Å². The molecule has 1 amide bonds. The van der Waals surface area contributed by atoms with Gasteiger partial charge < -0.3 is 10.1 Å². The number of rotatable bonds is 6. The van der Waals surface area contributed by atoms with Crippen LogP contribution >= 0.6 is 0 Å². The lowest BCUT2D eigenvalue weighted by atomic mass is 10.1. The number of imidazole rings is 1. The normalized spacial score (nSPS) is 10.8. The molecule has 0 unspecified atom stereocenters. The van der Waals surface area contributed by atoms with Gasteiger partial charge in [-0.05, 0) is 37.1 Å². The Balaban J connectivity index is 1.70. The van der Waals surface area contributed by atoms with Crippen molar-refractivity contribution in [3.63, 3.8) is 0 Å². The SMILES string of the molecule is Cc1nc(Oc2ccc(NC(=O)CC(C)C)cc2)cc(-n2ccnc2)n1. The van der Waals surface area contributed by atoms with Crippen molar-refractivity contribution >= 4 is 11.6 Å². The predicted molar refractivity (Wildman–Crippen MR) is 98.5 cm³/mol. The van der Waals surface area contributed by atoms with E-state index in [0.717, 1.165) is 5.69 Å². The van der Waals surface area contributed by atoms with Crippen LogP contribution in [0.3, 0.4) is 0 Å². The van der Waals surface area contributed by atoms with Gasteiger partial charge in [-0.15, -0.1) is 0 Å². The topological polar surface area (TPSA) is 81.9 Å². The van der Waals surface area contributed by atoms with Crippen LogP contribution in [0.2, 0.25) is 0 Å². The molecular weight excluding hydrogens is 330 g/mol. The lowest BCUT2D eigenvalue weighted by Crippen LogP contribution is -2.13. The number of nitrogens with one attached hydrogen (secondary N) is 1. The zero-order chi connectivity index (χ0) is 18.5. The van der Waals surface area contributed by atoms with E-state index in [2.05, 4.69) is 20.3 Å². The molecule has 3 aromatic rings. The highest BCUT2D eigenvalue weighted by atomic mass is 16.5. The van der Waals surface area contributed by atoms with E-state index in [0.29, 0.717) is 35.6 Å². The van der Waals surface area contributed by atoms with Crippen LogP contribution in [0.15, 0.2) is 49.1 Å². The Bertz CT molecular complexity index is 873. The second kappa shape index (κ2) is 7.77. The Morgan fingerprint density at radius 2 is 2.00 bits per heavy atom. The van der Waals surface area contributed by atoms with Gasteiger partial charge in [-0.3, -0.25) is 9.36 Å². The summed E-state index contributed by atoms with van der Waals surface area (Å²) in [6, 6.07) is 8.93. The molecule has 2 aromatic heterocycles. The monoisotopic (exact) mass is 351 g/mol. The third-order valence-electron chi connectivity index (χ3n) is 3.52. The minimum Gasteiger partial charge on any atom is -0.439 e. The zero-order valence-electron chi connectivity index (χ0n) is 15.0. The van der Waals surface area contributed by atoms with E-state index in [1.807, 2.05) is 13.8 Å². The van der Waals surface area contributed by atoms with E-state index in [4.69, 9.17) is 4.74 Å². The predicted octanol–water partition coefficient (Wildman–Crippen LogP) is 3.75. The van der Waals surface area contributed by atoms with Crippen LogP contribution in [0, 0.1) is 12.8 Å². The van der Waals surface area contributed by atoms with Gasteiger partial charge in [0.15, 0.2) is 0 Å². The standard InChI is InChI=1S/C19H21N5O2/c1-13(2)10-18(25)23-15-4-6-16(7-5-15)26-19-11-17(21-14(3)22-19)24-9-8-20-12-24/h4-9,11-13H,10H2,1-3H3,(H,23,25). The molecule has 0 aliphatic heterocycles. The molecule has 7 nitrogen and oxygen atoms in total. The van der Waals surface area contributed by atoms with E-state index in [1.165, 1.54) is 0 Å². The minimum absolute atomic E-state index is 0.00469. The van der Waals surface area contributed by atoms with Crippen molar-refractivity contribution in [3.05, 3.63) is 54.9 Å². The molecular formula is C19H21N5O2. The quantitative estimate of drug-likeness (QED) is 0.731. The van der Waals surface area contributed by atoms with Crippen molar-refractivity contribution in [1.82, 2.24) is 19.5 Å². The first-order valence-corrected chi connectivity index (χ1v) is 8.41. The second-order valence-corrected chi connectivity index (χ2v) is 6.35. The Hall–Kier alpha value is -3.22. The highest BCUT2D eigenvalue weighted by Crippen LogP contribution is 2.23. The van der Waals surface area contributed by atoms with Crippen LogP contribution in [0.25, 0.3) is 5.82 Å². The van der Waals surface area contributed by atoms with E-state index < -0.39 is 0 Å². The number of hydrogen-bond acceptors (Lipinski definition) is 5. The molecule has 0 bridgehead atoms. The molecule has 0 aliphatic rings. The molecule has 0 spiro atoms. The van der Waals surface area contributed by atoms with Gasteiger partial charge in [0, 0.05) is 30.6 Å². The van der Waals surface area contributed by atoms with E-state index >= 15 is 0 Å². The summed E-state index contributed by atoms with van der Waals surface area (Å²) in [5, 5.41) is 2.87. The number of carbonyl (C=O) groups is 1. The largest absolute Gasteiger partial charge is 0.439 e.